The second-order valence-electron chi connectivity index (χ2n) is 6.28. The van der Waals surface area contributed by atoms with Crippen LogP contribution in [0.15, 0.2) is 36.8 Å². The van der Waals surface area contributed by atoms with Crippen LogP contribution < -0.4 is 0 Å². The van der Waals surface area contributed by atoms with Crippen LogP contribution in [0.4, 0.5) is 9.59 Å². The van der Waals surface area contributed by atoms with E-state index in [1.54, 1.807) is 55.8 Å². The Balaban J connectivity index is 2.15. The largest absolute Gasteiger partial charge is 0.465 e. The van der Waals surface area contributed by atoms with Crippen LogP contribution in [0, 0.1) is 11.3 Å². The van der Waals surface area contributed by atoms with E-state index in [9.17, 15) is 14.7 Å². The molecule has 0 spiro atoms. The number of hydrogen-bond donors (Lipinski definition) is 1. The Hall–Kier alpha value is -3.34. The van der Waals surface area contributed by atoms with Crippen molar-refractivity contribution in [3.8, 4) is 11.8 Å². The number of carbonyl (C=O) groups is 2. The van der Waals surface area contributed by atoms with Gasteiger partial charge in [0.05, 0.1) is 30.2 Å². The monoisotopic (exact) mass is 342 g/mol. The number of hydrogen-bond acceptors (Lipinski definition) is 5. The number of ether oxygens (including phenoxy) is 1. The molecule has 0 bridgehead atoms. The summed E-state index contributed by atoms with van der Waals surface area (Å²) in [6, 6.07) is 8.85. The molecule has 0 saturated heterocycles. The van der Waals surface area contributed by atoms with E-state index in [0.717, 1.165) is 5.69 Å². The molecule has 0 radical (unpaired) electrons. The molecule has 25 heavy (non-hydrogen) atoms. The first kappa shape index (κ1) is 18.0. The molecule has 0 saturated carbocycles. The molecule has 0 aliphatic rings. The number of carboxylic acid groups (broad SMARTS) is 1. The van der Waals surface area contributed by atoms with Crippen molar-refractivity contribution in [1.82, 2.24) is 14.5 Å². The molecule has 2 aromatic rings. The Labute approximate surface area is 144 Å². The molecular formula is C17H18N4O4. The van der Waals surface area contributed by atoms with Gasteiger partial charge in [-0.25, -0.2) is 19.5 Å². The molecule has 0 fully saturated rings. The first-order valence-corrected chi connectivity index (χ1v) is 7.46. The maximum atomic E-state index is 12.0. The van der Waals surface area contributed by atoms with Gasteiger partial charge in [-0.3, -0.25) is 0 Å². The van der Waals surface area contributed by atoms with Gasteiger partial charge in [-0.2, -0.15) is 5.26 Å². The van der Waals surface area contributed by atoms with Crippen LogP contribution in [-0.2, 0) is 11.3 Å². The van der Waals surface area contributed by atoms with Crippen LogP contribution in [0.3, 0.4) is 0 Å². The molecule has 0 aliphatic heterocycles. The maximum Gasteiger partial charge on any atom is 0.420 e. The molecular weight excluding hydrogens is 324 g/mol. The number of aromatic nitrogens is 2. The minimum atomic E-state index is -1.41. The fourth-order valence-corrected chi connectivity index (χ4v) is 1.98. The number of imide groups is 1. The summed E-state index contributed by atoms with van der Waals surface area (Å²) >= 11 is 0. The summed E-state index contributed by atoms with van der Waals surface area (Å²) in [4.78, 5) is 28.0. The second kappa shape index (κ2) is 7.05. The SMILES string of the molecule is CC(C)(C)OC(=O)N(Cc1cn(-c2ccc(C#N)cc2)cn1)C(=O)O. The first-order valence-electron chi connectivity index (χ1n) is 7.46. The van der Waals surface area contributed by atoms with Gasteiger partial charge in [0.25, 0.3) is 0 Å². The van der Waals surface area contributed by atoms with E-state index in [0.29, 0.717) is 16.2 Å². The lowest BCUT2D eigenvalue weighted by molar-refractivity contribution is 0.0253. The summed E-state index contributed by atoms with van der Waals surface area (Å²) in [5.41, 5.74) is 0.882. The molecule has 1 heterocycles. The molecule has 1 aromatic heterocycles. The number of nitrogens with zero attached hydrogens (tertiary/aromatic N) is 4. The molecule has 130 valence electrons. The normalized spacial score (nSPS) is 10.8. The summed E-state index contributed by atoms with van der Waals surface area (Å²) in [6.45, 7) is 4.74. The molecule has 0 unspecified atom stereocenters. The third-order valence-corrected chi connectivity index (χ3v) is 3.10. The highest BCUT2D eigenvalue weighted by Gasteiger charge is 2.27. The van der Waals surface area contributed by atoms with Crippen molar-refractivity contribution in [2.24, 2.45) is 0 Å². The standard InChI is InChI=1S/C17H18N4O4/c1-17(2,3)25-16(24)21(15(22)23)10-13-9-20(11-19-13)14-6-4-12(8-18)5-7-14/h4-7,9,11H,10H2,1-3H3,(H,22,23). The molecule has 2 rings (SSSR count). The summed E-state index contributed by atoms with van der Waals surface area (Å²) in [5, 5.41) is 18.1. The summed E-state index contributed by atoms with van der Waals surface area (Å²) in [6.07, 6.45) is 0.753. The van der Waals surface area contributed by atoms with E-state index in [-0.39, 0.29) is 6.54 Å². The van der Waals surface area contributed by atoms with Crippen molar-refractivity contribution in [3.63, 3.8) is 0 Å². The van der Waals surface area contributed by atoms with Crippen molar-refractivity contribution in [1.29, 1.82) is 5.26 Å². The van der Waals surface area contributed by atoms with Crippen LogP contribution in [-0.4, -0.2) is 37.3 Å². The third kappa shape index (κ3) is 4.81. The Morgan fingerprint density at radius 2 is 1.96 bits per heavy atom. The van der Waals surface area contributed by atoms with E-state index >= 15 is 0 Å². The Kier molecular flexibility index (Phi) is 5.08. The van der Waals surface area contributed by atoms with Gasteiger partial charge in [-0.05, 0) is 45.0 Å². The predicted octanol–water partition coefficient (Wildman–Crippen LogP) is 3.16. The van der Waals surface area contributed by atoms with Gasteiger partial charge in [0.15, 0.2) is 0 Å². The lowest BCUT2D eigenvalue weighted by Crippen LogP contribution is -2.39. The fourth-order valence-electron chi connectivity index (χ4n) is 1.98. The zero-order valence-corrected chi connectivity index (χ0v) is 14.1. The van der Waals surface area contributed by atoms with Gasteiger partial charge in [-0.1, -0.05) is 0 Å². The average molecular weight is 342 g/mol. The predicted molar refractivity (Wildman–Crippen MR) is 88.1 cm³/mol. The minimum Gasteiger partial charge on any atom is -0.465 e. The molecule has 0 aliphatic carbocycles. The van der Waals surface area contributed by atoms with Crippen molar-refractivity contribution in [3.05, 3.63) is 48.0 Å². The zero-order valence-electron chi connectivity index (χ0n) is 14.1. The highest BCUT2D eigenvalue weighted by atomic mass is 16.6. The van der Waals surface area contributed by atoms with Gasteiger partial charge in [0.2, 0.25) is 0 Å². The average Bonchev–Trinajstić information content (AvgIpc) is 2.99. The summed E-state index contributed by atoms with van der Waals surface area (Å²) in [7, 11) is 0. The highest BCUT2D eigenvalue weighted by Crippen LogP contribution is 2.14. The highest BCUT2D eigenvalue weighted by molar-refractivity contribution is 5.86. The molecule has 2 amide bonds. The van der Waals surface area contributed by atoms with Crippen LogP contribution in [0.5, 0.6) is 0 Å². The minimum absolute atomic E-state index is 0.229. The van der Waals surface area contributed by atoms with Crippen molar-refractivity contribution >= 4 is 12.2 Å². The number of amides is 2. The topological polar surface area (TPSA) is 108 Å². The summed E-state index contributed by atoms with van der Waals surface area (Å²) < 4.78 is 6.76. The molecule has 8 heteroatoms. The van der Waals surface area contributed by atoms with Gasteiger partial charge >= 0.3 is 12.2 Å². The summed E-state index contributed by atoms with van der Waals surface area (Å²) in [5.74, 6) is 0. The number of imidazole rings is 1. The van der Waals surface area contributed by atoms with Crippen LogP contribution in [0.1, 0.15) is 32.0 Å². The van der Waals surface area contributed by atoms with Gasteiger partial charge in [0.1, 0.15) is 5.60 Å². The van der Waals surface area contributed by atoms with Crippen molar-refractivity contribution in [2.45, 2.75) is 32.9 Å². The van der Waals surface area contributed by atoms with E-state index in [2.05, 4.69) is 4.98 Å². The van der Waals surface area contributed by atoms with E-state index < -0.39 is 17.8 Å². The van der Waals surface area contributed by atoms with Crippen LogP contribution in [0.25, 0.3) is 5.69 Å². The Morgan fingerprint density at radius 3 is 2.48 bits per heavy atom. The molecule has 1 aromatic carbocycles. The number of rotatable bonds is 3. The number of carbonyl (C=O) groups excluding carboxylic acids is 1. The lowest BCUT2D eigenvalue weighted by Gasteiger charge is -2.23. The van der Waals surface area contributed by atoms with Crippen molar-refractivity contribution in [2.75, 3.05) is 0 Å². The third-order valence-electron chi connectivity index (χ3n) is 3.10. The first-order chi connectivity index (χ1) is 11.7. The van der Waals surface area contributed by atoms with Crippen molar-refractivity contribution < 1.29 is 19.4 Å². The van der Waals surface area contributed by atoms with E-state index in [1.807, 2.05) is 6.07 Å². The second-order valence-corrected chi connectivity index (χ2v) is 6.28. The number of nitriles is 1. The lowest BCUT2D eigenvalue weighted by atomic mass is 10.2. The smallest absolute Gasteiger partial charge is 0.420 e. The fraction of sp³-hybridized carbons (Fsp3) is 0.294. The Bertz CT molecular complexity index is 812. The molecule has 1 N–H and O–H groups in total. The van der Waals surface area contributed by atoms with E-state index in [4.69, 9.17) is 10.00 Å². The quantitative estimate of drug-likeness (QED) is 0.918. The number of benzene rings is 1. The zero-order chi connectivity index (χ0) is 18.6. The van der Waals surface area contributed by atoms with Gasteiger partial charge < -0.3 is 14.4 Å². The van der Waals surface area contributed by atoms with Gasteiger partial charge in [-0.15, -0.1) is 0 Å². The van der Waals surface area contributed by atoms with Gasteiger partial charge in [0, 0.05) is 11.9 Å². The molecule has 8 nitrogen and oxygen atoms in total. The van der Waals surface area contributed by atoms with Crippen LogP contribution in [0.2, 0.25) is 0 Å². The van der Waals surface area contributed by atoms with E-state index in [1.165, 1.54) is 6.33 Å². The maximum absolute atomic E-state index is 12.0. The Morgan fingerprint density at radius 1 is 1.32 bits per heavy atom. The van der Waals surface area contributed by atoms with Crippen LogP contribution >= 0.6 is 0 Å². The molecule has 0 atom stereocenters.